The largest absolute Gasteiger partial charge is 0.383 e. The first-order chi connectivity index (χ1) is 8.15. The zero-order valence-corrected chi connectivity index (χ0v) is 10.3. The minimum atomic E-state index is -0.841. The molecule has 0 bridgehead atoms. The highest BCUT2D eigenvalue weighted by molar-refractivity contribution is 5.21. The summed E-state index contributed by atoms with van der Waals surface area (Å²) in [4.78, 5) is 0. The first-order valence-corrected chi connectivity index (χ1v) is 5.90. The number of aromatic nitrogens is 2. The lowest BCUT2D eigenvalue weighted by Crippen LogP contribution is -2.30. The molecule has 3 nitrogen and oxygen atoms in total. The summed E-state index contributed by atoms with van der Waals surface area (Å²) in [5, 5.41) is 14.9. The van der Waals surface area contributed by atoms with Crippen molar-refractivity contribution >= 4 is 0 Å². The SMILES string of the molecule is CCC(O)(Cc1ccccc1)c1ccnn1C. The van der Waals surface area contributed by atoms with Crippen molar-refractivity contribution < 1.29 is 5.11 Å². The van der Waals surface area contributed by atoms with Gasteiger partial charge in [0.05, 0.1) is 5.69 Å². The van der Waals surface area contributed by atoms with Crippen LogP contribution in [-0.2, 0) is 19.1 Å². The van der Waals surface area contributed by atoms with Crippen molar-refractivity contribution in [2.45, 2.75) is 25.4 Å². The number of benzene rings is 1. The van der Waals surface area contributed by atoms with Crippen LogP contribution in [0.2, 0.25) is 0 Å². The second-order valence-electron chi connectivity index (χ2n) is 4.39. The van der Waals surface area contributed by atoms with Crippen molar-refractivity contribution in [3.05, 3.63) is 53.9 Å². The van der Waals surface area contributed by atoms with Crippen LogP contribution in [-0.4, -0.2) is 14.9 Å². The summed E-state index contributed by atoms with van der Waals surface area (Å²) in [6, 6.07) is 11.9. The van der Waals surface area contributed by atoms with Gasteiger partial charge in [-0.05, 0) is 18.1 Å². The van der Waals surface area contributed by atoms with E-state index in [-0.39, 0.29) is 0 Å². The molecule has 2 aromatic rings. The van der Waals surface area contributed by atoms with E-state index in [0.717, 1.165) is 11.3 Å². The number of hydrogen-bond acceptors (Lipinski definition) is 2. The standard InChI is InChI=1S/C14H18N2O/c1-3-14(17,13-9-10-15-16(13)2)11-12-7-5-4-6-8-12/h4-10,17H,3,11H2,1-2H3. The molecule has 1 unspecified atom stereocenters. The molecule has 1 N–H and O–H groups in total. The van der Waals surface area contributed by atoms with Crippen LogP contribution < -0.4 is 0 Å². The molecule has 90 valence electrons. The van der Waals surface area contributed by atoms with Crippen LogP contribution in [0.3, 0.4) is 0 Å². The molecule has 0 amide bonds. The van der Waals surface area contributed by atoms with E-state index in [9.17, 15) is 5.11 Å². The Labute approximate surface area is 102 Å². The number of rotatable bonds is 4. The third kappa shape index (κ3) is 2.39. The summed E-state index contributed by atoms with van der Waals surface area (Å²) in [5.41, 5.74) is 1.16. The molecule has 0 saturated heterocycles. The van der Waals surface area contributed by atoms with Crippen molar-refractivity contribution in [1.82, 2.24) is 9.78 Å². The Morgan fingerprint density at radius 2 is 1.94 bits per heavy atom. The molecule has 1 heterocycles. The summed E-state index contributed by atoms with van der Waals surface area (Å²) < 4.78 is 1.74. The van der Waals surface area contributed by atoms with Gasteiger partial charge in [0.2, 0.25) is 0 Å². The minimum absolute atomic E-state index is 0.615. The zero-order valence-electron chi connectivity index (χ0n) is 10.3. The molecule has 0 aliphatic heterocycles. The Hall–Kier alpha value is -1.61. The monoisotopic (exact) mass is 230 g/mol. The molecule has 1 atom stereocenters. The third-order valence-corrected chi connectivity index (χ3v) is 3.22. The van der Waals surface area contributed by atoms with Crippen LogP contribution in [0.25, 0.3) is 0 Å². The van der Waals surface area contributed by atoms with E-state index < -0.39 is 5.60 Å². The minimum Gasteiger partial charge on any atom is -0.383 e. The van der Waals surface area contributed by atoms with E-state index in [0.29, 0.717) is 12.8 Å². The van der Waals surface area contributed by atoms with Gasteiger partial charge in [0.15, 0.2) is 0 Å². The smallest absolute Gasteiger partial charge is 0.110 e. The highest BCUT2D eigenvalue weighted by atomic mass is 16.3. The zero-order chi connectivity index (χ0) is 12.3. The maximum absolute atomic E-state index is 10.8. The average Bonchev–Trinajstić information content (AvgIpc) is 2.77. The fourth-order valence-corrected chi connectivity index (χ4v) is 2.16. The first kappa shape index (κ1) is 11.9. The van der Waals surface area contributed by atoms with E-state index in [1.165, 1.54) is 0 Å². The Morgan fingerprint density at radius 1 is 1.24 bits per heavy atom. The summed E-state index contributed by atoms with van der Waals surface area (Å²) in [7, 11) is 1.86. The van der Waals surface area contributed by atoms with Crippen LogP contribution in [0.1, 0.15) is 24.6 Å². The van der Waals surface area contributed by atoms with Crippen molar-refractivity contribution in [2.24, 2.45) is 7.05 Å². The van der Waals surface area contributed by atoms with Crippen molar-refractivity contribution in [2.75, 3.05) is 0 Å². The Balaban J connectivity index is 2.30. The molecule has 1 aromatic carbocycles. The van der Waals surface area contributed by atoms with Gasteiger partial charge in [-0.1, -0.05) is 37.3 Å². The van der Waals surface area contributed by atoms with Gasteiger partial charge in [-0.2, -0.15) is 5.10 Å². The summed E-state index contributed by atoms with van der Waals surface area (Å²) in [6.45, 7) is 2.00. The summed E-state index contributed by atoms with van der Waals surface area (Å²) in [6.07, 6.45) is 3.01. The predicted octanol–water partition coefficient (Wildman–Crippen LogP) is 2.26. The van der Waals surface area contributed by atoms with Crippen LogP contribution >= 0.6 is 0 Å². The Kier molecular flexibility index (Phi) is 3.29. The van der Waals surface area contributed by atoms with E-state index in [4.69, 9.17) is 0 Å². The molecule has 1 aromatic heterocycles. The van der Waals surface area contributed by atoms with E-state index >= 15 is 0 Å². The first-order valence-electron chi connectivity index (χ1n) is 5.90. The average molecular weight is 230 g/mol. The summed E-state index contributed by atoms with van der Waals surface area (Å²) >= 11 is 0. The topological polar surface area (TPSA) is 38.1 Å². The Morgan fingerprint density at radius 3 is 2.47 bits per heavy atom. The molecule has 0 saturated carbocycles. The molecule has 2 rings (SSSR count). The maximum Gasteiger partial charge on any atom is 0.110 e. The van der Waals surface area contributed by atoms with Crippen molar-refractivity contribution in [1.29, 1.82) is 0 Å². The molecule has 0 aliphatic rings. The van der Waals surface area contributed by atoms with Gasteiger partial charge >= 0.3 is 0 Å². The van der Waals surface area contributed by atoms with Crippen molar-refractivity contribution in [3.63, 3.8) is 0 Å². The maximum atomic E-state index is 10.8. The molecular formula is C14H18N2O. The lowest BCUT2D eigenvalue weighted by Gasteiger charge is -2.27. The Bertz CT molecular complexity index is 478. The molecule has 0 fully saturated rings. The number of nitrogens with zero attached hydrogens (tertiary/aromatic N) is 2. The molecule has 17 heavy (non-hydrogen) atoms. The van der Waals surface area contributed by atoms with E-state index in [1.807, 2.05) is 50.4 Å². The van der Waals surface area contributed by atoms with Gasteiger partial charge in [-0.3, -0.25) is 4.68 Å². The van der Waals surface area contributed by atoms with Crippen LogP contribution in [0.4, 0.5) is 0 Å². The normalized spacial score (nSPS) is 14.5. The second-order valence-corrected chi connectivity index (χ2v) is 4.39. The predicted molar refractivity (Wildman–Crippen MR) is 67.5 cm³/mol. The molecule has 0 spiro atoms. The van der Waals surface area contributed by atoms with Gasteiger partial charge in [0.25, 0.3) is 0 Å². The molecule has 3 heteroatoms. The lowest BCUT2D eigenvalue weighted by atomic mass is 9.89. The van der Waals surface area contributed by atoms with Crippen LogP contribution in [0, 0.1) is 0 Å². The fourth-order valence-electron chi connectivity index (χ4n) is 2.16. The lowest BCUT2D eigenvalue weighted by molar-refractivity contribution is 0.0245. The fraction of sp³-hybridized carbons (Fsp3) is 0.357. The molecule has 0 aliphatic carbocycles. The quantitative estimate of drug-likeness (QED) is 0.875. The number of hydrogen-bond donors (Lipinski definition) is 1. The third-order valence-electron chi connectivity index (χ3n) is 3.22. The van der Waals surface area contributed by atoms with Gasteiger partial charge in [0, 0.05) is 19.7 Å². The molecule has 0 radical (unpaired) electrons. The van der Waals surface area contributed by atoms with E-state index in [2.05, 4.69) is 5.10 Å². The van der Waals surface area contributed by atoms with Crippen LogP contribution in [0.5, 0.6) is 0 Å². The second kappa shape index (κ2) is 4.72. The van der Waals surface area contributed by atoms with E-state index in [1.54, 1.807) is 10.9 Å². The molecular weight excluding hydrogens is 212 g/mol. The van der Waals surface area contributed by atoms with Crippen LogP contribution in [0.15, 0.2) is 42.6 Å². The highest BCUT2D eigenvalue weighted by Gasteiger charge is 2.30. The van der Waals surface area contributed by atoms with Gasteiger partial charge in [-0.15, -0.1) is 0 Å². The van der Waals surface area contributed by atoms with Gasteiger partial charge in [-0.25, -0.2) is 0 Å². The summed E-state index contributed by atoms with van der Waals surface area (Å²) in [5.74, 6) is 0. The highest BCUT2D eigenvalue weighted by Crippen LogP contribution is 2.28. The van der Waals surface area contributed by atoms with Crippen molar-refractivity contribution in [3.8, 4) is 0 Å². The van der Waals surface area contributed by atoms with Gasteiger partial charge < -0.3 is 5.11 Å². The number of aliphatic hydroxyl groups is 1. The van der Waals surface area contributed by atoms with Gasteiger partial charge in [0.1, 0.15) is 5.60 Å². The number of aryl methyl sites for hydroxylation is 1.